The number of carbonyl (C=O) groups excluding carboxylic acids is 1. The number of ether oxygens (including phenoxy) is 2. The molecule has 1 amide bonds. The molecule has 2 aromatic rings. The smallest absolute Gasteiger partial charge is 0.351 e. The van der Waals surface area contributed by atoms with Gasteiger partial charge in [-0.15, -0.1) is 0 Å². The van der Waals surface area contributed by atoms with Crippen molar-refractivity contribution < 1.29 is 23.1 Å². The largest absolute Gasteiger partial charge is 0.438 e. The Labute approximate surface area is 246 Å². The fraction of sp³-hybridized carbons (Fsp3) is 0.567. The highest BCUT2D eigenvalue weighted by atomic mass is 28.4. The lowest BCUT2D eigenvalue weighted by atomic mass is 10.1. The third kappa shape index (κ3) is 7.56. The fourth-order valence-corrected chi connectivity index (χ4v) is 6.19. The van der Waals surface area contributed by atoms with E-state index in [9.17, 15) is 9.59 Å². The summed E-state index contributed by atoms with van der Waals surface area (Å²) in [6, 6.07) is 10.3. The second-order valence-corrected chi connectivity index (χ2v) is 23.1. The van der Waals surface area contributed by atoms with Gasteiger partial charge in [-0.2, -0.15) is 4.98 Å². The zero-order valence-corrected chi connectivity index (χ0v) is 28.0. The molecule has 0 saturated carbocycles. The number of hydrogen-bond acceptors (Lipinski definition) is 7. The number of rotatable bonds is 9. The van der Waals surface area contributed by atoms with Gasteiger partial charge in [0.15, 0.2) is 29.0 Å². The van der Waals surface area contributed by atoms with Crippen molar-refractivity contribution >= 4 is 28.4 Å². The van der Waals surface area contributed by atoms with Crippen LogP contribution in [-0.2, 0) is 18.3 Å². The molecule has 0 bridgehead atoms. The molecule has 0 aliphatic carbocycles. The van der Waals surface area contributed by atoms with Crippen molar-refractivity contribution in [2.24, 2.45) is 0 Å². The molecule has 0 spiro atoms. The molecule has 1 aliphatic heterocycles. The van der Waals surface area contributed by atoms with Gasteiger partial charge in [-0.25, -0.2) is 4.79 Å². The van der Waals surface area contributed by atoms with E-state index in [1.165, 1.54) is 4.57 Å². The van der Waals surface area contributed by atoms with E-state index >= 15 is 0 Å². The SMILES string of the molecule is C#CO[C@H]1[C@@H](O[Si](C)(C)C(C)(C)C)[C@H](n2ccc(NC(=O)c3ccccc3)nc2=O)O[C@@H]1CO[Si](C)(C)C(C)(C)C. The van der Waals surface area contributed by atoms with Crippen LogP contribution in [0.5, 0.6) is 0 Å². The molecule has 9 nitrogen and oxygen atoms in total. The Balaban J connectivity index is 1.96. The molecular formula is C30H45N3O6Si2. The van der Waals surface area contributed by atoms with Gasteiger partial charge in [0.1, 0.15) is 24.1 Å². The highest BCUT2D eigenvalue weighted by Crippen LogP contribution is 2.43. The minimum absolute atomic E-state index is 0.00854. The third-order valence-electron chi connectivity index (χ3n) is 8.52. The fourth-order valence-electron chi connectivity index (χ4n) is 3.89. The van der Waals surface area contributed by atoms with Crippen LogP contribution in [0.25, 0.3) is 0 Å². The molecule has 3 rings (SSSR count). The molecular weight excluding hydrogens is 555 g/mol. The lowest BCUT2D eigenvalue weighted by Gasteiger charge is -2.40. The second-order valence-electron chi connectivity index (χ2n) is 13.5. The summed E-state index contributed by atoms with van der Waals surface area (Å²) in [6.45, 7) is 21.7. The van der Waals surface area contributed by atoms with Gasteiger partial charge in [-0.3, -0.25) is 9.36 Å². The molecule has 0 unspecified atom stereocenters. The number of benzene rings is 1. The monoisotopic (exact) mass is 599 g/mol. The summed E-state index contributed by atoms with van der Waals surface area (Å²) in [5, 5.41) is 2.55. The van der Waals surface area contributed by atoms with Crippen molar-refractivity contribution in [3.8, 4) is 12.5 Å². The topological polar surface area (TPSA) is 101 Å². The lowest BCUT2D eigenvalue weighted by Crippen LogP contribution is -2.50. The van der Waals surface area contributed by atoms with E-state index in [1.807, 2.05) is 6.07 Å². The van der Waals surface area contributed by atoms with Crippen molar-refractivity contribution in [2.45, 2.75) is 102 Å². The lowest BCUT2D eigenvalue weighted by molar-refractivity contribution is -0.0513. The second kappa shape index (κ2) is 12.2. The van der Waals surface area contributed by atoms with Crippen LogP contribution < -0.4 is 11.0 Å². The summed E-state index contributed by atoms with van der Waals surface area (Å²) >= 11 is 0. The molecule has 1 saturated heterocycles. The van der Waals surface area contributed by atoms with E-state index in [1.54, 1.807) is 36.5 Å². The Hall–Kier alpha value is -2.76. The number of nitrogens with one attached hydrogen (secondary N) is 1. The molecule has 4 atom stereocenters. The van der Waals surface area contributed by atoms with Gasteiger partial charge in [0.25, 0.3) is 5.91 Å². The molecule has 2 heterocycles. The first-order valence-corrected chi connectivity index (χ1v) is 19.7. The van der Waals surface area contributed by atoms with Gasteiger partial charge in [0.2, 0.25) is 0 Å². The molecule has 0 radical (unpaired) electrons. The maximum absolute atomic E-state index is 13.3. The maximum Gasteiger partial charge on any atom is 0.351 e. The normalized spacial score (nSPS) is 21.8. The van der Waals surface area contributed by atoms with Crippen molar-refractivity contribution in [1.82, 2.24) is 9.55 Å². The van der Waals surface area contributed by atoms with Crippen LogP contribution in [0.3, 0.4) is 0 Å². The highest BCUT2D eigenvalue weighted by Gasteiger charge is 2.53. The van der Waals surface area contributed by atoms with Crippen molar-refractivity contribution in [3.63, 3.8) is 0 Å². The number of amides is 1. The number of nitrogens with zero attached hydrogens (tertiary/aromatic N) is 2. The van der Waals surface area contributed by atoms with Gasteiger partial charge >= 0.3 is 5.69 Å². The number of carbonyl (C=O) groups is 1. The maximum atomic E-state index is 13.3. The van der Waals surface area contributed by atoms with Gasteiger partial charge < -0.3 is 23.6 Å². The summed E-state index contributed by atoms with van der Waals surface area (Å²) in [4.78, 5) is 30.1. The standard InChI is InChI=1S/C30H45N3O6Si2/c1-12-36-24-22(20-37-40(8,9)29(2,3)4)38-27(25(24)39-41(10,11)30(5,6)7)33-19-18-23(32-28(33)35)31-26(34)21-16-14-13-15-17-21/h1,13-19,22,24-25,27H,20H2,2-11H3,(H,31,32,34,35)/t22-,24-,25-,27-/m1/s1. The molecule has 1 N–H and O–H groups in total. The van der Waals surface area contributed by atoms with Crippen LogP contribution in [-0.4, -0.2) is 57.0 Å². The molecule has 1 aliphatic rings. The molecule has 1 aromatic heterocycles. The van der Waals surface area contributed by atoms with Crippen molar-refractivity contribution in [3.05, 3.63) is 58.6 Å². The number of hydrogen-bond donors (Lipinski definition) is 1. The minimum atomic E-state index is -2.38. The van der Waals surface area contributed by atoms with E-state index in [2.05, 4.69) is 84.1 Å². The minimum Gasteiger partial charge on any atom is -0.438 e. The van der Waals surface area contributed by atoms with Gasteiger partial charge in [0, 0.05) is 11.8 Å². The van der Waals surface area contributed by atoms with Gasteiger partial charge in [-0.1, -0.05) is 66.2 Å². The summed E-state index contributed by atoms with van der Waals surface area (Å²) in [6.07, 6.45) is 6.69. The van der Waals surface area contributed by atoms with E-state index < -0.39 is 46.9 Å². The van der Waals surface area contributed by atoms with E-state index in [0.29, 0.717) is 5.56 Å². The van der Waals surface area contributed by atoms with Crippen molar-refractivity contribution in [2.75, 3.05) is 11.9 Å². The number of aromatic nitrogens is 2. The summed E-state index contributed by atoms with van der Waals surface area (Å²) in [5.74, 6) is -0.231. The highest BCUT2D eigenvalue weighted by molar-refractivity contribution is 6.74. The summed E-state index contributed by atoms with van der Waals surface area (Å²) in [7, 11) is -4.50. The van der Waals surface area contributed by atoms with Crippen LogP contribution in [0.15, 0.2) is 47.4 Å². The van der Waals surface area contributed by atoms with Crippen LogP contribution >= 0.6 is 0 Å². The molecule has 1 aromatic carbocycles. The Morgan fingerprint density at radius 1 is 1.02 bits per heavy atom. The first-order valence-electron chi connectivity index (χ1n) is 13.9. The summed E-state index contributed by atoms with van der Waals surface area (Å²) < 4.78 is 27.0. The predicted octanol–water partition coefficient (Wildman–Crippen LogP) is 5.78. The first kappa shape index (κ1) is 32.8. The number of terminal acetylenes is 1. The molecule has 41 heavy (non-hydrogen) atoms. The van der Waals surface area contributed by atoms with E-state index in [0.717, 1.165) is 0 Å². The number of anilines is 1. The average molecular weight is 600 g/mol. The van der Waals surface area contributed by atoms with Gasteiger partial charge in [-0.05, 0) is 54.5 Å². The molecule has 1 fully saturated rings. The van der Waals surface area contributed by atoms with Crippen LogP contribution in [0, 0.1) is 12.5 Å². The van der Waals surface area contributed by atoms with Crippen LogP contribution in [0.2, 0.25) is 36.3 Å². The quantitative estimate of drug-likeness (QED) is 0.288. The first-order chi connectivity index (χ1) is 18.9. The Kier molecular flexibility index (Phi) is 9.77. The van der Waals surface area contributed by atoms with Gasteiger partial charge in [0.05, 0.1) is 6.61 Å². The Bertz CT molecular complexity index is 1310. The average Bonchev–Trinajstić information content (AvgIpc) is 3.18. The summed E-state index contributed by atoms with van der Waals surface area (Å²) in [5.41, 5.74) is -0.144. The zero-order chi connectivity index (χ0) is 30.8. The zero-order valence-electron chi connectivity index (χ0n) is 26.0. The predicted molar refractivity (Wildman–Crippen MR) is 166 cm³/mol. The molecule has 11 heteroatoms. The van der Waals surface area contributed by atoms with Crippen LogP contribution in [0.1, 0.15) is 58.1 Å². The van der Waals surface area contributed by atoms with E-state index in [-0.39, 0.29) is 28.4 Å². The molecule has 224 valence electrons. The van der Waals surface area contributed by atoms with E-state index in [4.69, 9.17) is 24.7 Å². The Morgan fingerprint density at radius 3 is 2.17 bits per heavy atom. The Morgan fingerprint density at radius 2 is 1.63 bits per heavy atom. The van der Waals surface area contributed by atoms with Crippen LogP contribution in [0.4, 0.5) is 5.82 Å². The van der Waals surface area contributed by atoms with Crippen molar-refractivity contribution in [1.29, 1.82) is 0 Å². The third-order valence-corrected chi connectivity index (χ3v) is 17.5.